The molecule has 0 saturated heterocycles. The van der Waals surface area contributed by atoms with Gasteiger partial charge in [-0.3, -0.25) is 9.59 Å². The summed E-state index contributed by atoms with van der Waals surface area (Å²) in [6.07, 6.45) is 2.48. The van der Waals surface area contributed by atoms with Crippen LogP contribution in [0.1, 0.15) is 42.5 Å². The van der Waals surface area contributed by atoms with E-state index in [4.69, 9.17) is 9.47 Å². The Morgan fingerprint density at radius 3 is 2.19 bits per heavy atom. The molecule has 0 bridgehead atoms. The lowest BCUT2D eigenvalue weighted by molar-refractivity contribution is -0.130. The van der Waals surface area contributed by atoms with Crippen LogP contribution in [0, 0.1) is 19.8 Å². The van der Waals surface area contributed by atoms with Crippen molar-refractivity contribution in [2.24, 2.45) is 5.92 Å². The number of hydrogen-bond acceptors (Lipinski definition) is 4. The number of rotatable bonds is 13. The number of nitrogens with zero attached hydrogens (tertiary/aromatic N) is 1. The minimum atomic E-state index is -0.529. The summed E-state index contributed by atoms with van der Waals surface area (Å²) in [6, 6.07) is 21.6. The van der Waals surface area contributed by atoms with E-state index < -0.39 is 6.04 Å². The second-order valence-electron chi connectivity index (χ2n) is 9.76. The summed E-state index contributed by atoms with van der Waals surface area (Å²) in [5.41, 5.74) is 5.00. The number of anilines is 1. The van der Waals surface area contributed by atoms with E-state index in [0.29, 0.717) is 25.3 Å². The van der Waals surface area contributed by atoms with Crippen LogP contribution >= 0.6 is 0 Å². The van der Waals surface area contributed by atoms with Gasteiger partial charge in [0.1, 0.15) is 24.1 Å². The number of likely N-dealkylation sites (N-methyl/N-ethyl adjacent to an activating group) is 1. The zero-order valence-electron chi connectivity index (χ0n) is 22.5. The number of carbonyl (C=O) groups is 2. The standard InChI is InChI=1S/C31H38N2O4/c1-22(2)29(33(5)21-34)31(35)32-27-18-23(3)30(24(4)19-27)36-17-9-12-25-13-15-28(16-14-25)37-20-26-10-7-6-8-11-26/h6-8,10-11,13-16,18-19,21-22,29H,9,12,17,20H2,1-5H3,(H,32,35)/t29-/m0/s1. The first-order chi connectivity index (χ1) is 17.8. The van der Waals surface area contributed by atoms with Crippen LogP contribution in [0.2, 0.25) is 0 Å². The van der Waals surface area contributed by atoms with Gasteiger partial charge in [0.25, 0.3) is 0 Å². The molecule has 3 aromatic carbocycles. The molecule has 196 valence electrons. The molecule has 6 nitrogen and oxygen atoms in total. The molecule has 0 aliphatic heterocycles. The molecular weight excluding hydrogens is 464 g/mol. The maximum absolute atomic E-state index is 12.8. The van der Waals surface area contributed by atoms with Crippen LogP contribution in [0.5, 0.6) is 11.5 Å². The summed E-state index contributed by atoms with van der Waals surface area (Å²) in [5, 5.41) is 2.95. The van der Waals surface area contributed by atoms with Crippen LogP contribution in [0.3, 0.4) is 0 Å². The van der Waals surface area contributed by atoms with Crippen molar-refractivity contribution in [1.82, 2.24) is 4.90 Å². The van der Waals surface area contributed by atoms with E-state index in [2.05, 4.69) is 29.6 Å². The highest BCUT2D eigenvalue weighted by atomic mass is 16.5. The molecule has 6 heteroatoms. The summed E-state index contributed by atoms with van der Waals surface area (Å²) < 4.78 is 12.0. The molecule has 0 aliphatic carbocycles. The zero-order chi connectivity index (χ0) is 26.8. The normalized spacial score (nSPS) is 11.6. The molecule has 1 N–H and O–H groups in total. The van der Waals surface area contributed by atoms with Crippen molar-refractivity contribution < 1.29 is 19.1 Å². The number of carbonyl (C=O) groups excluding carboxylic acids is 2. The van der Waals surface area contributed by atoms with Crippen molar-refractivity contribution >= 4 is 18.0 Å². The lowest BCUT2D eigenvalue weighted by atomic mass is 10.0. The Labute approximate surface area is 220 Å². The van der Waals surface area contributed by atoms with Gasteiger partial charge in [-0.1, -0.05) is 56.3 Å². The lowest BCUT2D eigenvalue weighted by Gasteiger charge is -2.27. The van der Waals surface area contributed by atoms with Crippen molar-refractivity contribution in [2.45, 2.75) is 53.2 Å². The van der Waals surface area contributed by atoms with Gasteiger partial charge in [0.05, 0.1) is 6.61 Å². The predicted octanol–water partition coefficient (Wildman–Crippen LogP) is 5.95. The number of ether oxygens (including phenoxy) is 2. The third-order valence-corrected chi connectivity index (χ3v) is 6.26. The van der Waals surface area contributed by atoms with Gasteiger partial charge in [0, 0.05) is 12.7 Å². The highest BCUT2D eigenvalue weighted by Crippen LogP contribution is 2.28. The molecular formula is C31H38N2O4. The number of benzene rings is 3. The molecule has 3 aromatic rings. The molecule has 0 aliphatic rings. The Morgan fingerprint density at radius 1 is 0.946 bits per heavy atom. The van der Waals surface area contributed by atoms with Gasteiger partial charge in [-0.15, -0.1) is 0 Å². The first-order valence-electron chi connectivity index (χ1n) is 12.8. The quantitative estimate of drug-likeness (QED) is 0.232. The Bertz CT molecular complexity index is 1140. The van der Waals surface area contributed by atoms with E-state index in [1.54, 1.807) is 7.05 Å². The summed E-state index contributed by atoms with van der Waals surface area (Å²) in [5.74, 6) is 1.50. The molecule has 0 saturated carbocycles. The monoisotopic (exact) mass is 502 g/mol. The van der Waals surface area contributed by atoms with Crippen LogP contribution < -0.4 is 14.8 Å². The molecule has 3 rings (SSSR count). The minimum absolute atomic E-state index is 0.00183. The smallest absolute Gasteiger partial charge is 0.247 e. The van der Waals surface area contributed by atoms with Crippen molar-refractivity contribution in [3.8, 4) is 11.5 Å². The lowest BCUT2D eigenvalue weighted by Crippen LogP contribution is -2.44. The molecule has 0 radical (unpaired) electrons. The van der Waals surface area contributed by atoms with E-state index in [9.17, 15) is 9.59 Å². The molecule has 2 amide bonds. The summed E-state index contributed by atoms with van der Waals surface area (Å²) in [6.45, 7) is 8.95. The van der Waals surface area contributed by atoms with E-state index in [1.165, 1.54) is 10.5 Å². The molecule has 0 unspecified atom stereocenters. The van der Waals surface area contributed by atoms with Crippen LogP contribution in [-0.2, 0) is 22.6 Å². The number of hydrogen-bond donors (Lipinski definition) is 1. The van der Waals surface area contributed by atoms with E-state index in [-0.39, 0.29) is 11.8 Å². The summed E-state index contributed by atoms with van der Waals surface area (Å²) in [7, 11) is 1.62. The average Bonchev–Trinajstić information content (AvgIpc) is 2.87. The third-order valence-electron chi connectivity index (χ3n) is 6.26. The Hall–Kier alpha value is -3.80. The van der Waals surface area contributed by atoms with Gasteiger partial charge >= 0.3 is 0 Å². The van der Waals surface area contributed by atoms with Gasteiger partial charge in [-0.2, -0.15) is 0 Å². The zero-order valence-corrected chi connectivity index (χ0v) is 22.5. The number of amides is 2. The van der Waals surface area contributed by atoms with Crippen molar-refractivity contribution in [3.05, 3.63) is 89.0 Å². The molecule has 0 spiro atoms. The Kier molecular flexibility index (Phi) is 10.1. The maximum atomic E-state index is 12.8. The van der Waals surface area contributed by atoms with E-state index in [1.807, 2.05) is 70.2 Å². The molecule has 37 heavy (non-hydrogen) atoms. The Balaban J connectivity index is 1.48. The fourth-order valence-corrected chi connectivity index (χ4v) is 4.43. The SMILES string of the molecule is Cc1cc(NC(=O)[C@H](C(C)C)N(C)C=O)cc(C)c1OCCCc1ccc(OCc2ccccc2)cc1. The van der Waals surface area contributed by atoms with Gasteiger partial charge < -0.3 is 19.7 Å². The molecule has 0 heterocycles. The number of aryl methyl sites for hydroxylation is 3. The number of nitrogens with one attached hydrogen (secondary N) is 1. The van der Waals surface area contributed by atoms with Crippen molar-refractivity contribution in [3.63, 3.8) is 0 Å². The van der Waals surface area contributed by atoms with Crippen LogP contribution in [-0.4, -0.2) is 36.9 Å². The first-order valence-corrected chi connectivity index (χ1v) is 12.8. The predicted molar refractivity (Wildman–Crippen MR) is 148 cm³/mol. The highest BCUT2D eigenvalue weighted by Gasteiger charge is 2.26. The van der Waals surface area contributed by atoms with E-state index in [0.717, 1.165) is 41.0 Å². The van der Waals surface area contributed by atoms with Gasteiger partial charge in [-0.25, -0.2) is 0 Å². The van der Waals surface area contributed by atoms with E-state index >= 15 is 0 Å². The van der Waals surface area contributed by atoms with Crippen LogP contribution in [0.25, 0.3) is 0 Å². The largest absolute Gasteiger partial charge is 0.493 e. The molecule has 0 aromatic heterocycles. The van der Waals surface area contributed by atoms with Gasteiger partial charge in [-0.05, 0) is 79.1 Å². The van der Waals surface area contributed by atoms with Crippen LogP contribution in [0.15, 0.2) is 66.7 Å². The first kappa shape index (κ1) is 27.8. The fraction of sp³-hybridized carbons (Fsp3) is 0.355. The highest BCUT2D eigenvalue weighted by molar-refractivity contribution is 5.96. The minimum Gasteiger partial charge on any atom is -0.493 e. The maximum Gasteiger partial charge on any atom is 0.247 e. The molecule has 0 fully saturated rings. The second kappa shape index (κ2) is 13.5. The van der Waals surface area contributed by atoms with Crippen LogP contribution in [0.4, 0.5) is 5.69 Å². The Morgan fingerprint density at radius 2 is 1.59 bits per heavy atom. The average molecular weight is 503 g/mol. The van der Waals surface area contributed by atoms with Crippen molar-refractivity contribution in [2.75, 3.05) is 19.0 Å². The summed E-state index contributed by atoms with van der Waals surface area (Å²) in [4.78, 5) is 25.4. The fourth-order valence-electron chi connectivity index (χ4n) is 4.43. The topological polar surface area (TPSA) is 67.9 Å². The molecule has 1 atom stereocenters. The third kappa shape index (κ3) is 8.10. The second-order valence-corrected chi connectivity index (χ2v) is 9.76. The summed E-state index contributed by atoms with van der Waals surface area (Å²) >= 11 is 0. The van der Waals surface area contributed by atoms with Crippen molar-refractivity contribution in [1.29, 1.82) is 0 Å². The van der Waals surface area contributed by atoms with Gasteiger partial charge in [0.15, 0.2) is 0 Å². The van der Waals surface area contributed by atoms with Gasteiger partial charge in [0.2, 0.25) is 12.3 Å².